The SMILES string of the molecule is CCC(C)C(c1ccccc1)c1n[nH]c(=O)o1. The second-order valence-electron chi connectivity index (χ2n) is 4.23. The molecule has 0 spiro atoms. The third-order valence-corrected chi connectivity index (χ3v) is 3.09. The maximum Gasteiger partial charge on any atom is 0.434 e. The summed E-state index contributed by atoms with van der Waals surface area (Å²) in [6.07, 6.45) is 0.996. The second kappa shape index (κ2) is 4.99. The van der Waals surface area contributed by atoms with E-state index in [0.717, 1.165) is 12.0 Å². The van der Waals surface area contributed by atoms with Crippen molar-refractivity contribution in [3.8, 4) is 0 Å². The van der Waals surface area contributed by atoms with Gasteiger partial charge in [-0.15, -0.1) is 5.10 Å². The van der Waals surface area contributed by atoms with Crippen LogP contribution >= 0.6 is 0 Å². The van der Waals surface area contributed by atoms with Gasteiger partial charge in [0.05, 0.1) is 5.92 Å². The van der Waals surface area contributed by atoms with Gasteiger partial charge in [-0.05, 0) is 11.5 Å². The van der Waals surface area contributed by atoms with Gasteiger partial charge in [-0.25, -0.2) is 9.89 Å². The average molecular weight is 232 g/mol. The van der Waals surface area contributed by atoms with Crippen molar-refractivity contribution in [3.63, 3.8) is 0 Å². The van der Waals surface area contributed by atoms with Crippen LogP contribution in [0.2, 0.25) is 0 Å². The predicted octanol–water partition coefficient (Wildman–Crippen LogP) is 2.54. The number of nitrogens with one attached hydrogen (secondary N) is 1. The minimum absolute atomic E-state index is 0.0279. The van der Waals surface area contributed by atoms with Gasteiger partial charge in [0, 0.05) is 0 Å². The summed E-state index contributed by atoms with van der Waals surface area (Å²) in [6, 6.07) is 10.00. The number of H-pyrrole nitrogens is 1. The summed E-state index contributed by atoms with van der Waals surface area (Å²) in [7, 11) is 0. The molecule has 0 saturated heterocycles. The molecule has 0 radical (unpaired) electrons. The first-order valence-corrected chi connectivity index (χ1v) is 5.82. The quantitative estimate of drug-likeness (QED) is 0.881. The maximum atomic E-state index is 11.1. The molecule has 4 nitrogen and oxygen atoms in total. The van der Waals surface area contributed by atoms with Gasteiger partial charge in [-0.2, -0.15) is 0 Å². The molecule has 0 fully saturated rings. The van der Waals surface area contributed by atoms with Crippen molar-refractivity contribution < 1.29 is 4.42 Å². The molecule has 0 amide bonds. The van der Waals surface area contributed by atoms with E-state index < -0.39 is 5.76 Å². The first-order chi connectivity index (χ1) is 8.22. The zero-order valence-electron chi connectivity index (χ0n) is 10.0. The number of hydrogen-bond donors (Lipinski definition) is 1. The number of hydrogen-bond acceptors (Lipinski definition) is 3. The topological polar surface area (TPSA) is 58.9 Å². The van der Waals surface area contributed by atoms with Gasteiger partial charge in [0.25, 0.3) is 0 Å². The zero-order valence-corrected chi connectivity index (χ0v) is 10.0. The van der Waals surface area contributed by atoms with Crippen molar-refractivity contribution in [2.45, 2.75) is 26.2 Å². The van der Waals surface area contributed by atoms with E-state index in [0.29, 0.717) is 11.8 Å². The summed E-state index contributed by atoms with van der Waals surface area (Å²) < 4.78 is 5.10. The molecule has 0 aliphatic heterocycles. The third-order valence-electron chi connectivity index (χ3n) is 3.09. The number of aromatic amines is 1. The van der Waals surface area contributed by atoms with Gasteiger partial charge in [0.15, 0.2) is 0 Å². The standard InChI is InChI=1S/C13H16N2O2/c1-3-9(2)11(10-7-5-4-6-8-10)12-14-15-13(16)17-12/h4-9,11H,3H2,1-2H3,(H,15,16). The summed E-state index contributed by atoms with van der Waals surface area (Å²) in [5.74, 6) is 0.365. The van der Waals surface area contributed by atoms with E-state index in [1.807, 2.05) is 30.3 Å². The molecule has 2 atom stereocenters. The van der Waals surface area contributed by atoms with Crippen LogP contribution in [0.3, 0.4) is 0 Å². The van der Waals surface area contributed by atoms with E-state index in [1.54, 1.807) is 0 Å². The zero-order chi connectivity index (χ0) is 12.3. The first kappa shape index (κ1) is 11.6. The molecule has 90 valence electrons. The van der Waals surface area contributed by atoms with Crippen LogP contribution in [0.4, 0.5) is 0 Å². The Morgan fingerprint density at radius 1 is 1.35 bits per heavy atom. The van der Waals surface area contributed by atoms with Gasteiger partial charge in [-0.3, -0.25) is 0 Å². The second-order valence-corrected chi connectivity index (χ2v) is 4.23. The molecule has 1 aromatic carbocycles. The fourth-order valence-corrected chi connectivity index (χ4v) is 1.98. The molecular weight excluding hydrogens is 216 g/mol. The van der Waals surface area contributed by atoms with Crippen LogP contribution in [-0.2, 0) is 0 Å². The van der Waals surface area contributed by atoms with E-state index in [1.165, 1.54) is 0 Å². The molecule has 4 heteroatoms. The van der Waals surface area contributed by atoms with Crippen molar-refractivity contribution in [1.29, 1.82) is 0 Å². The van der Waals surface area contributed by atoms with Crippen LogP contribution in [-0.4, -0.2) is 10.2 Å². The number of benzene rings is 1. The van der Waals surface area contributed by atoms with Gasteiger partial charge in [-0.1, -0.05) is 50.6 Å². The molecular formula is C13H16N2O2. The smallest absolute Gasteiger partial charge is 0.392 e. The minimum Gasteiger partial charge on any atom is -0.392 e. The van der Waals surface area contributed by atoms with E-state index in [4.69, 9.17) is 4.42 Å². The molecule has 2 rings (SSSR count). The number of aromatic nitrogens is 2. The lowest BCUT2D eigenvalue weighted by atomic mass is 9.85. The summed E-state index contributed by atoms with van der Waals surface area (Å²) in [5, 5.41) is 6.28. The van der Waals surface area contributed by atoms with Crippen molar-refractivity contribution in [1.82, 2.24) is 10.2 Å². The van der Waals surface area contributed by atoms with Crippen molar-refractivity contribution in [3.05, 3.63) is 52.3 Å². The molecule has 2 unspecified atom stereocenters. The lowest BCUT2D eigenvalue weighted by Crippen LogP contribution is -2.11. The van der Waals surface area contributed by atoms with E-state index in [2.05, 4.69) is 24.0 Å². The summed E-state index contributed by atoms with van der Waals surface area (Å²) in [6.45, 7) is 4.25. The minimum atomic E-state index is -0.496. The largest absolute Gasteiger partial charge is 0.434 e. The van der Waals surface area contributed by atoms with Crippen LogP contribution in [0.1, 0.15) is 37.6 Å². The van der Waals surface area contributed by atoms with Gasteiger partial charge < -0.3 is 4.42 Å². The van der Waals surface area contributed by atoms with Crippen LogP contribution in [0, 0.1) is 5.92 Å². The van der Waals surface area contributed by atoms with Crippen LogP contribution in [0.5, 0.6) is 0 Å². The Morgan fingerprint density at radius 2 is 2.06 bits per heavy atom. The molecule has 0 aliphatic rings. The molecule has 1 heterocycles. The highest BCUT2D eigenvalue weighted by Gasteiger charge is 2.24. The Morgan fingerprint density at radius 3 is 2.59 bits per heavy atom. The molecule has 1 N–H and O–H groups in total. The van der Waals surface area contributed by atoms with Crippen molar-refractivity contribution in [2.75, 3.05) is 0 Å². The predicted molar refractivity (Wildman–Crippen MR) is 64.9 cm³/mol. The average Bonchev–Trinajstić information content (AvgIpc) is 2.77. The van der Waals surface area contributed by atoms with Crippen molar-refractivity contribution in [2.24, 2.45) is 5.92 Å². The first-order valence-electron chi connectivity index (χ1n) is 5.82. The van der Waals surface area contributed by atoms with Crippen molar-refractivity contribution >= 4 is 0 Å². The monoisotopic (exact) mass is 232 g/mol. The maximum absolute atomic E-state index is 11.1. The Hall–Kier alpha value is -1.84. The number of rotatable bonds is 4. The molecule has 0 aliphatic carbocycles. The highest BCUT2D eigenvalue weighted by Crippen LogP contribution is 2.31. The van der Waals surface area contributed by atoms with E-state index in [-0.39, 0.29) is 5.92 Å². The van der Waals surface area contributed by atoms with Crippen LogP contribution in [0.15, 0.2) is 39.5 Å². The van der Waals surface area contributed by atoms with Crippen LogP contribution < -0.4 is 5.76 Å². The fraction of sp³-hybridized carbons (Fsp3) is 0.385. The van der Waals surface area contributed by atoms with Gasteiger partial charge in [0.2, 0.25) is 5.89 Å². The summed E-state index contributed by atoms with van der Waals surface area (Å²) in [5.41, 5.74) is 1.12. The summed E-state index contributed by atoms with van der Waals surface area (Å²) in [4.78, 5) is 11.1. The highest BCUT2D eigenvalue weighted by molar-refractivity contribution is 5.24. The van der Waals surface area contributed by atoms with Gasteiger partial charge >= 0.3 is 5.76 Å². The highest BCUT2D eigenvalue weighted by atomic mass is 16.4. The molecule has 0 bridgehead atoms. The fourth-order valence-electron chi connectivity index (χ4n) is 1.98. The van der Waals surface area contributed by atoms with E-state index in [9.17, 15) is 4.79 Å². The molecule has 17 heavy (non-hydrogen) atoms. The van der Waals surface area contributed by atoms with Gasteiger partial charge in [0.1, 0.15) is 0 Å². The lowest BCUT2D eigenvalue weighted by Gasteiger charge is -2.19. The molecule has 0 saturated carbocycles. The Balaban J connectivity index is 2.42. The summed E-state index contributed by atoms with van der Waals surface area (Å²) >= 11 is 0. The third kappa shape index (κ3) is 2.46. The Bertz CT molecular complexity index is 515. The Labute approximate surface area is 99.7 Å². The molecule has 1 aromatic heterocycles. The Kier molecular flexibility index (Phi) is 3.42. The lowest BCUT2D eigenvalue weighted by molar-refractivity contribution is 0.380. The number of nitrogens with zero attached hydrogens (tertiary/aromatic N) is 1. The molecule has 2 aromatic rings. The van der Waals surface area contributed by atoms with E-state index >= 15 is 0 Å². The normalized spacial score (nSPS) is 14.5. The van der Waals surface area contributed by atoms with Crippen LogP contribution in [0.25, 0.3) is 0 Å².